The van der Waals surface area contributed by atoms with Gasteiger partial charge in [0.1, 0.15) is 6.04 Å². The van der Waals surface area contributed by atoms with E-state index in [1.165, 1.54) is 6.92 Å². The maximum Gasteiger partial charge on any atom is 0.321 e. The Bertz CT molecular complexity index is 689. The number of rotatable bonds is 8. The zero-order chi connectivity index (χ0) is 16.2. The van der Waals surface area contributed by atoms with E-state index in [0.29, 0.717) is 11.3 Å². The van der Waals surface area contributed by atoms with E-state index in [1.807, 2.05) is 4.72 Å². The third-order valence-corrected chi connectivity index (χ3v) is 5.58. The molecule has 0 radical (unpaired) electrons. The van der Waals surface area contributed by atoms with Crippen LogP contribution in [0.4, 0.5) is 0 Å². The van der Waals surface area contributed by atoms with Crippen molar-refractivity contribution in [3.05, 3.63) is 15.4 Å². The molecule has 0 unspecified atom stereocenters. The molecule has 0 bridgehead atoms. The monoisotopic (exact) mass is 338 g/mol. The highest BCUT2D eigenvalue weighted by molar-refractivity contribution is 7.91. The third kappa shape index (κ3) is 4.95. The number of hydrogen-bond acceptors (Lipinski definition) is 6. The minimum atomic E-state index is -4.16. The van der Waals surface area contributed by atoms with Crippen molar-refractivity contribution in [3.63, 3.8) is 0 Å². The quantitative estimate of drug-likeness (QED) is 0.509. The number of H-pyrrole nitrogens is 1. The van der Waals surface area contributed by atoms with Crippen LogP contribution in [0.15, 0.2) is 9.00 Å². The number of aliphatic carboxylic acids is 2. The van der Waals surface area contributed by atoms with Gasteiger partial charge in [0.05, 0.1) is 0 Å². The van der Waals surface area contributed by atoms with Crippen molar-refractivity contribution in [1.29, 1.82) is 0 Å². The molecule has 0 aliphatic heterocycles. The van der Waals surface area contributed by atoms with Crippen LogP contribution in [0.5, 0.6) is 0 Å². The van der Waals surface area contributed by atoms with Gasteiger partial charge in [-0.05, 0) is 19.8 Å². The highest BCUT2D eigenvalue weighted by Crippen LogP contribution is 2.17. The van der Waals surface area contributed by atoms with Gasteiger partial charge in [-0.2, -0.15) is 4.72 Å². The van der Waals surface area contributed by atoms with E-state index in [0.717, 1.165) is 0 Å². The molecule has 1 aromatic rings. The van der Waals surface area contributed by atoms with E-state index in [9.17, 15) is 22.8 Å². The lowest BCUT2D eigenvalue weighted by molar-refractivity contribution is -0.140. The van der Waals surface area contributed by atoms with Gasteiger partial charge in [-0.15, -0.1) is 0 Å². The molecule has 1 heterocycles. The molecule has 1 rings (SSSR count). The van der Waals surface area contributed by atoms with E-state index >= 15 is 0 Å². The van der Waals surface area contributed by atoms with Gasteiger partial charge in [0.25, 0.3) is 10.0 Å². The first-order valence-electron chi connectivity index (χ1n) is 5.80. The SMILES string of the molecule is Cc1[nH]c(=O)sc1S(=O)(=O)N[C@H](CCCC(=O)O)C(=O)O. The Hall–Kier alpha value is -1.72. The highest BCUT2D eigenvalue weighted by Gasteiger charge is 2.28. The lowest BCUT2D eigenvalue weighted by Crippen LogP contribution is -2.40. The van der Waals surface area contributed by atoms with Crippen molar-refractivity contribution in [3.8, 4) is 0 Å². The Morgan fingerprint density at radius 1 is 1.38 bits per heavy atom. The molecule has 0 aromatic carbocycles. The summed E-state index contributed by atoms with van der Waals surface area (Å²) in [6.45, 7) is 1.38. The van der Waals surface area contributed by atoms with E-state index in [4.69, 9.17) is 10.2 Å². The Kier molecular flexibility index (Phi) is 5.63. The largest absolute Gasteiger partial charge is 0.481 e. The maximum absolute atomic E-state index is 12.0. The fraction of sp³-hybridized carbons (Fsp3) is 0.500. The summed E-state index contributed by atoms with van der Waals surface area (Å²) in [5.74, 6) is -2.51. The normalized spacial score (nSPS) is 13.0. The van der Waals surface area contributed by atoms with Gasteiger partial charge in [-0.1, -0.05) is 11.3 Å². The van der Waals surface area contributed by atoms with Crippen molar-refractivity contribution in [1.82, 2.24) is 9.71 Å². The molecule has 118 valence electrons. The molecule has 0 fully saturated rings. The minimum absolute atomic E-state index is 0.0111. The molecule has 0 aliphatic rings. The average molecular weight is 338 g/mol. The predicted molar refractivity (Wildman–Crippen MR) is 72.9 cm³/mol. The zero-order valence-electron chi connectivity index (χ0n) is 11.0. The van der Waals surface area contributed by atoms with Gasteiger partial charge in [-0.3, -0.25) is 14.4 Å². The van der Waals surface area contributed by atoms with Crippen LogP contribution in [0.1, 0.15) is 25.0 Å². The summed E-state index contributed by atoms with van der Waals surface area (Å²) in [7, 11) is -4.16. The number of aromatic amines is 1. The summed E-state index contributed by atoms with van der Waals surface area (Å²) in [4.78, 5) is 34.3. The summed E-state index contributed by atoms with van der Waals surface area (Å²) in [5, 5.41) is 17.5. The minimum Gasteiger partial charge on any atom is -0.481 e. The number of aromatic nitrogens is 1. The molecular formula is C10H14N2O7S2. The molecule has 0 spiro atoms. The van der Waals surface area contributed by atoms with E-state index in [2.05, 4.69) is 4.98 Å². The Labute approximate surface area is 123 Å². The number of aryl methyl sites for hydroxylation is 1. The fourth-order valence-corrected chi connectivity index (χ4v) is 4.12. The molecule has 21 heavy (non-hydrogen) atoms. The molecule has 0 amide bonds. The van der Waals surface area contributed by atoms with E-state index in [-0.39, 0.29) is 29.2 Å². The smallest absolute Gasteiger partial charge is 0.321 e. The van der Waals surface area contributed by atoms with Crippen LogP contribution in [-0.4, -0.2) is 41.6 Å². The molecule has 4 N–H and O–H groups in total. The summed E-state index contributed by atoms with van der Waals surface area (Å²) in [6, 6.07) is -1.45. The first-order valence-corrected chi connectivity index (χ1v) is 8.10. The summed E-state index contributed by atoms with van der Waals surface area (Å²) in [5.41, 5.74) is 0.118. The van der Waals surface area contributed by atoms with Crippen LogP contribution in [0.3, 0.4) is 0 Å². The molecule has 11 heteroatoms. The van der Waals surface area contributed by atoms with Gasteiger partial charge in [0, 0.05) is 12.1 Å². The number of carbonyl (C=O) groups is 2. The summed E-state index contributed by atoms with van der Waals surface area (Å²) in [6.07, 6.45) is -0.418. The molecule has 1 atom stereocenters. The predicted octanol–water partition coefficient (Wildman–Crippen LogP) is -0.269. The number of sulfonamides is 1. The van der Waals surface area contributed by atoms with E-state index < -0.39 is 32.9 Å². The molecule has 0 saturated carbocycles. The van der Waals surface area contributed by atoms with Gasteiger partial charge in [0.2, 0.25) is 0 Å². The molecule has 1 aromatic heterocycles. The second kappa shape index (κ2) is 6.83. The van der Waals surface area contributed by atoms with Crippen LogP contribution in [-0.2, 0) is 19.6 Å². The average Bonchev–Trinajstić information content (AvgIpc) is 2.67. The summed E-state index contributed by atoms with van der Waals surface area (Å²) < 4.78 is 25.8. The Balaban J connectivity index is 2.87. The van der Waals surface area contributed by atoms with Gasteiger partial charge in [0.15, 0.2) is 4.21 Å². The number of nitrogens with one attached hydrogen (secondary N) is 2. The number of carboxylic acid groups (broad SMARTS) is 2. The van der Waals surface area contributed by atoms with Gasteiger partial charge in [-0.25, -0.2) is 8.42 Å². The van der Waals surface area contributed by atoms with E-state index in [1.54, 1.807) is 0 Å². The zero-order valence-corrected chi connectivity index (χ0v) is 12.6. The van der Waals surface area contributed by atoms with Crippen molar-refractivity contribution in [2.24, 2.45) is 0 Å². The molecular weight excluding hydrogens is 324 g/mol. The maximum atomic E-state index is 12.0. The third-order valence-electron chi connectivity index (χ3n) is 2.50. The molecule has 9 nitrogen and oxygen atoms in total. The highest BCUT2D eigenvalue weighted by atomic mass is 32.2. The van der Waals surface area contributed by atoms with Crippen molar-refractivity contribution in [2.75, 3.05) is 0 Å². The van der Waals surface area contributed by atoms with Crippen LogP contribution >= 0.6 is 11.3 Å². The van der Waals surface area contributed by atoms with Crippen LogP contribution < -0.4 is 9.60 Å². The van der Waals surface area contributed by atoms with Crippen LogP contribution in [0.2, 0.25) is 0 Å². The van der Waals surface area contributed by atoms with Gasteiger partial charge < -0.3 is 15.2 Å². The standard InChI is InChI=1S/C10H14N2O7S2/c1-5-9(20-10(17)11-5)21(18,19)12-6(8(15)16)3-2-4-7(13)14/h6,12H,2-4H2,1H3,(H,11,17)(H,13,14)(H,15,16)/t6-/m1/s1. The molecule has 0 aliphatic carbocycles. The molecule has 0 saturated heterocycles. The first kappa shape index (κ1) is 17.3. The first-order chi connectivity index (χ1) is 9.63. The topological polar surface area (TPSA) is 154 Å². The fourth-order valence-electron chi connectivity index (χ4n) is 1.58. The van der Waals surface area contributed by atoms with Crippen molar-refractivity contribution in [2.45, 2.75) is 36.4 Å². The lowest BCUT2D eigenvalue weighted by Gasteiger charge is -2.13. The lowest BCUT2D eigenvalue weighted by atomic mass is 10.1. The number of hydrogen-bond donors (Lipinski definition) is 4. The Morgan fingerprint density at radius 2 is 2.00 bits per heavy atom. The van der Waals surface area contributed by atoms with Crippen LogP contribution in [0, 0.1) is 6.92 Å². The summed E-state index contributed by atoms with van der Waals surface area (Å²) >= 11 is 0.455. The van der Waals surface area contributed by atoms with Crippen molar-refractivity contribution >= 4 is 33.3 Å². The second-order valence-corrected chi connectivity index (χ2v) is 7.12. The van der Waals surface area contributed by atoms with Crippen LogP contribution in [0.25, 0.3) is 0 Å². The second-order valence-electron chi connectivity index (χ2n) is 4.23. The van der Waals surface area contributed by atoms with Gasteiger partial charge >= 0.3 is 16.8 Å². The Morgan fingerprint density at radius 3 is 2.43 bits per heavy atom. The number of carboxylic acids is 2. The number of thiazole rings is 1. The van der Waals surface area contributed by atoms with Crippen molar-refractivity contribution < 1.29 is 28.2 Å².